The highest BCUT2D eigenvalue weighted by atomic mass is 35.5. The van der Waals surface area contributed by atoms with Gasteiger partial charge in [0.1, 0.15) is 0 Å². The van der Waals surface area contributed by atoms with E-state index in [-0.39, 0.29) is 5.91 Å². The maximum atomic E-state index is 11.4. The number of hydrogen-bond donors (Lipinski definition) is 1. The summed E-state index contributed by atoms with van der Waals surface area (Å²) in [5.74, 6) is 0.00102. The zero-order valence-electron chi connectivity index (χ0n) is 9.60. The highest BCUT2D eigenvalue weighted by molar-refractivity contribution is 6.34. The number of rotatable bonds is 3. The molecule has 4 heteroatoms. The van der Waals surface area contributed by atoms with Gasteiger partial charge in [0.25, 0.3) is 0 Å². The Balaban J connectivity index is 3.01. The van der Waals surface area contributed by atoms with Gasteiger partial charge in [0.05, 0.1) is 5.54 Å². The van der Waals surface area contributed by atoms with Crippen LogP contribution in [0.3, 0.4) is 0 Å². The number of benzene rings is 1. The van der Waals surface area contributed by atoms with Gasteiger partial charge in [-0.3, -0.25) is 4.79 Å². The van der Waals surface area contributed by atoms with E-state index in [9.17, 15) is 4.79 Å². The van der Waals surface area contributed by atoms with Gasteiger partial charge >= 0.3 is 0 Å². The predicted octanol–water partition coefficient (Wildman–Crippen LogP) is 3.75. The highest BCUT2D eigenvalue weighted by Gasteiger charge is 2.22. The van der Waals surface area contributed by atoms with E-state index in [1.807, 2.05) is 32.9 Å². The first kappa shape index (κ1) is 13.3. The van der Waals surface area contributed by atoms with E-state index >= 15 is 0 Å². The van der Waals surface area contributed by atoms with E-state index in [1.165, 1.54) is 0 Å². The summed E-state index contributed by atoms with van der Waals surface area (Å²) in [6, 6.07) is 5.29. The van der Waals surface area contributed by atoms with Gasteiger partial charge in [0.15, 0.2) is 0 Å². The van der Waals surface area contributed by atoms with E-state index in [0.29, 0.717) is 16.5 Å². The van der Waals surface area contributed by atoms with Crippen molar-refractivity contribution < 1.29 is 4.79 Å². The van der Waals surface area contributed by atoms with Gasteiger partial charge in [-0.25, -0.2) is 0 Å². The number of nitrogens with one attached hydrogen (secondary N) is 1. The van der Waals surface area contributed by atoms with Crippen LogP contribution in [0.4, 0.5) is 0 Å². The number of hydrogen-bond acceptors (Lipinski definition) is 1. The van der Waals surface area contributed by atoms with Gasteiger partial charge in [-0.15, -0.1) is 0 Å². The van der Waals surface area contributed by atoms with E-state index < -0.39 is 5.54 Å². The number of halogens is 2. The third-order valence-corrected chi connectivity index (χ3v) is 2.79. The van der Waals surface area contributed by atoms with Crippen LogP contribution >= 0.6 is 23.2 Å². The Morgan fingerprint density at radius 2 is 1.75 bits per heavy atom. The second kappa shape index (κ2) is 5.07. The fraction of sp³-hybridized carbons (Fsp3) is 0.417. The minimum Gasteiger partial charge on any atom is -0.347 e. The second-order valence-electron chi connectivity index (χ2n) is 4.18. The molecular weight excluding hydrogens is 245 g/mol. The van der Waals surface area contributed by atoms with Crippen LogP contribution in [-0.4, -0.2) is 5.91 Å². The lowest BCUT2D eigenvalue weighted by Gasteiger charge is -2.27. The molecule has 0 saturated carbocycles. The number of carbonyl (C=O) groups is 1. The fourth-order valence-corrected chi connectivity index (χ4v) is 1.95. The molecule has 88 valence electrons. The summed E-state index contributed by atoms with van der Waals surface area (Å²) >= 11 is 11.9. The third kappa shape index (κ3) is 3.39. The molecule has 0 saturated heterocycles. The zero-order valence-corrected chi connectivity index (χ0v) is 11.1. The van der Waals surface area contributed by atoms with Crippen LogP contribution in [0.25, 0.3) is 0 Å². The Kier molecular flexibility index (Phi) is 4.22. The summed E-state index contributed by atoms with van der Waals surface area (Å²) in [5, 5.41) is 4.06. The van der Waals surface area contributed by atoms with Crippen molar-refractivity contribution in [2.75, 3.05) is 0 Å². The zero-order chi connectivity index (χ0) is 12.3. The molecule has 1 amide bonds. The van der Waals surface area contributed by atoms with Crippen LogP contribution in [0.1, 0.15) is 32.8 Å². The Morgan fingerprint density at radius 3 is 2.19 bits per heavy atom. The largest absolute Gasteiger partial charge is 0.347 e. The molecule has 0 atom stereocenters. The molecule has 0 aliphatic rings. The average molecular weight is 260 g/mol. The van der Waals surface area contributed by atoms with Crippen molar-refractivity contribution in [2.24, 2.45) is 0 Å². The van der Waals surface area contributed by atoms with Crippen LogP contribution in [0.15, 0.2) is 18.2 Å². The molecule has 1 rings (SSSR count). The fourth-order valence-electron chi connectivity index (χ4n) is 1.42. The first-order valence-electron chi connectivity index (χ1n) is 5.12. The van der Waals surface area contributed by atoms with Crippen LogP contribution in [0.5, 0.6) is 0 Å². The molecule has 1 N–H and O–H groups in total. The van der Waals surface area contributed by atoms with Gasteiger partial charge in [0, 0.05) is 16.5 Å². The molecule has 1 aromatic carbocycles. The van der Waals surface area contributed by atoms with Crippen molar-refractivity contribution in [2.45, 2.75) is 32.7 Å². The molecule has 0 aliphatic heterocycles. The predicted molar refractivity (Wildman–Crippen MR) is 67.9 cm³/mol. The van der Waals surface area contributed by atoms with Crippen molar-refractivity contribution in [3.63, 3.8) is 0 Å². The summed E-state index contributed by atoms with van der Waals surface area (Å²) in [6.45, 7) is 5.65. The van der Waals surface area contributed by atoms with Gasteiger partial charge < -0.3 is 5.32 Å². The third-order valence-electron chi connectivity index (χ3n) is 2.36. The Hall–Kier alpha value is -0.730. The van der Waals surface area contributed by atoms with Gasteiger partial charge in [0.2, 0.25) is 5.91 Å². The molecule has 0 fully saturated rings. The maximum Gasteiger partial charge on any atom is 0.220 e. The van der Waals surface area contributed by atoms with E-state index in [1.54, 1.807) is 6.07 Å². The lowest BCUT2D eigenvalue weighted by molar-refractivity contribution is -0.122. The number of carbonyl (C=O) groups excluding carboxylic acids is 1. The Morgan fingerprint density at radius 1 is 1.25 bits per heavy atom. The first-order valence-corrected chi connectivity index (χ1v) is 5.88. The molecular formula is C12H15Cl2NO. The molecule has 0 spiro atoms. The van der Waals surface area contributed by atoms with Crippen molar-refractivity contribution in [1.29, 1.82) is 0 Å². The van der Waals surface area contributed by atoms with Crippen LogP contribution < -0.4 is 5.32 Å². The molecule has 0 radical (unpaired) electrons. The van der Waals surface area contributed by atoms with E-state index in [4.69, 9.17) is 23.2 Å². The summed E-state index contributed by atoms with van der Waals surface area (Å²) in [7, 11) is 0. The normalized spacial score (nSPS) is 11.3. The van der Waals surface area contributed by atoms with E-state index in [2.05, 4.69) is 5.32 Å². The molecule has 2 nitrogen and oxygen atoms in total. The van der Waals surface area contributed by atoms with Gasteiger partial charge in [-0.2, -0.15) is 0 Å². The lowest BCUT2D eigenvalue weighted by atomic mass is 9.94. The summed E-state index contributed by atoms with van der Waals surface area (Å²) in [5.41, 5.74) is 0.425. The summed E-state index contributed by atoms with van der Waals surface area (Å²) in [4.78, 5) is 11.4. The minimum absolute atomic E-state index is 0.00102. The van der Waals surface area contributed by atoms with Gasteiger partial charge in [-0.05, 0) is 37.6 Å². The Labute approximate surface area is 106 Å². The number of amides is 1. The van der Waals surface area contributed by atoms with Crippen LogP contribution in [0, 0.1) is 0 Å². The summed E-state index contributed by atoms with van der Waals surface area (Å²) < 4.78 is 0. The standard InChI is InChI=1S/C12H15Cl2NO/c1-4-11(16)15-12(2,3)8-5-9(13)7-10(14)6-8/h5-7H,4H2,1-3H3,(H,15,16). The second-order valence-corrected chi connectivity index (χ2v) is 5.06. The first-order chi connectivity index (χ1) is 7.35. The van der Waals surface area contributed by atoms with Crippen molar-refractivity contribution in [1.82, 2.24) is 5.32 Å². The molecule has 0 heterocycles. The van der Waals surface area contributed by atoms with Crippen molar-refractivity contribution in [3.8, 4) is 0 Å². The minimum atomic E-state index is -0.471. The molecule has 1 aromatic rings. The van der Waals surface area contributed by atoms with Crippen LogP contribution in [0.2, 0.25) is 10.0 Å². The molecule has 0 bridgehead atoms. The van der Waals surface area contributed by atoms with E-state index in [0.717, 1.165) is 5.56 Å². The Bertz CT molecular complexity index is 382. The highest BCUT2D eigenvalue weighted by Crippen LogP contribution is 2.27. The summed E-state index contributed by atoms with van der Waals surface area (Å²) in [6.07, 6.45) is 0.456. The lowest BCUT2D eigenvalue weighted by Crippen LogP contribution is -2.40. The molecule has 16 heavy (non-hydrogen) atoms. The van der Waals surface area contributed by atoms with Crippen molar-refractivity contribution in [3.05, 3.63) is 33.8 Å². The quantitative estimate of drug-likeness (QED) is 0.880. The molecule has 0 aromatic heterocycles. The molecule has 0 unspecified atom stereocenters. The van der Waals surface area contributed by atoms with Gasteiger partial charge in [-0.1, -0.05) is 30.1 Å². The van der Waals surface area contributed by atoms with Crippen LogP contribution in [-0.2, 0) is 10.3 Å². The smallest absolute Gasteiger partial charge is 0.220 e. The topological polar surface area (TPSA) is 29.1 Å². The van der Waals surface area contributed by atoms with Crippen molar-refractivity contribution >= 4 is 29.1 Å². The average Bonchev–Trinajstić information content (AvgIpc) is 2.15. The monoisotopic (exact) mass is 259 g/mol. The maximum absolute atomic E-state index is 11.4. The SMILES string of the molecule is CCC(=O)NC(C)(C)c1cc(Cl)cc(Cl)c1. The molecule has 0 aliphatic carbocycles.